The van der Waals surface area contributed by atoms with E-state index in [0.717, 1.165) is 50.3 Å². The summed E-state index contributed by atoms with van der Waals surface area (Å²) in [4.78, 5) is 29.1. The van der Waals surface area contributed by atoms with E-state index in [1.54, 1.807) is 11.0 Å². The fourth-order valence-electron chi connectivity index (χ4n) is 4.11. The zero-order valence-electron chi connectivity index (χ0n) is 15.9. The summed E-state index contributed by atoms with van der Waals surface area (Å²) in [5, 5.41) is 15.4. The van der Waals surface area contributed by atoms with Crippen molar-refractivity contribution >= 4 is 11.8 Å². The smallest absolute Gasteiger partial charge is 0.255 e. The van der Waals surface area contributed by atoms with Crippen LogP contribution in [0, 0.1) is 11.8 Å². The molecule has 0 radical (unpaired) electrons. The Bertz CT molecular complexity index is 823. The number of carbonyl (C=O) groups is 2. The van der Waals surface area contributed by atoms with E-state index in [9.17, 15) is 14.7 Å². The van der Waals surface area contributed by atoms with E-state index in [1.165, 1.54) is 0 Å². The number of aliphatic hydroxyl groups excluding tert-OH is 1. The zero-order chi connectivity index (χ0) is 19.5. The topological polar surface area (TPSA) is 84.9 Å². The van der Waals surface area contributed by atoms with Crippen LogP contribution in [0.25, 0.3) is 0 Å². The van der Waals surface area contributed by atoms with Crippen molar-refractivity contribution in [3.63, 3.8) is 0 Å². The number of hydrogen-bond donors (Lipinski definition) is 3. The Balaban J connectivity index is 1.44. The van der Waals surface area contributed by atoms with Crippen molar-refractivity contribution in [1.29, 1.82) is 0 Å². The molecule has 3 aliphatic heterocycles. The van der Waals surface area contributed by atoms with Crippen molar-refractivity contribution in [2.75, 3.05) is 32.7 Å². The summed E-state index contributed by atoms with van der Waals surface area (Å²) in [6, 6.07) is 5.07. The second-order valence-electron chi connectivity index (χ2n) is 7.53. The number of piperidine rings is 1. The van der Waals surface area contributed by atoms with Crippen LogP contribution in [0.1, 0.15) is 40.7 Å². The van der Waals surface area contributed by atoms with Gasteiger partial charge in [-0.3, -0.25) is 14.5 Å². The molecule has 0 saturated carbocycles. The molecule has 2 fully saturated rings. The number of nitrogens with one attached hydrogen (secondary N) is 2. The van der Waals surface area contributed by atoms with E-state index in [0.29, 0.717) is 24.9 Å². The van der Waals surface area contributed by atoms with Crippen LogP contribution < -0.4 is 10.6 Å². The molecule has 2 unspecified atom stereocenters. The van der Waals surface area contributed by atoms with Gasteiger partial charge < -0.3 is 20.6 Å². The number of hydrogen-bond acceptors (Lipinski definition) is 5. The molecular weight excluding hydrogens is 356 g/mol. The zero-order valence-corrected chi connectivity index (χ0v) is 15.9. The molecule has 3 N–H and O–H groups in total. The molecule has 28 heavy (non-hydrogen) atoms. The van der Waals surface area contributed by atoms with Crippen molar-refractivity contribution in [3.8, 4) is 11.8 Å². The van der Waals surface area contributed by atoms with Crippen LogP contribution in [0.4, 0.5) is 0 Å². The number of benzene rings is 1. The standard InChI is InChI=1S/C21H26N4O3/c26-19-8-7-18(20(27)23-19)25-14-17-15(5-3-6-16(17)21(25)28)4-1-2-11-24-12-9-22-10-13-24/h3,5-6,18-19,22,26H,2,7-14H2,(H,23,27). The van der Waals surface area contributed by atoms with Gasteiger partial charge in [0.2, 0.25) is 5.91 Å². The van der Waals surface area contributed by atoms with Crippen molar-refractivity contribution in [2.45, 2.75) is 38.1 Å². The lowest BCUT2D eigenvalue weighted by Crippen LogP contribution is -2.54. The summed E-state index contributed by atoms with van der Waals surface area (Å²) in [5.74, 6) is 6.07. The van der Waals surface area contributed by atoms with Crippen molar-refractivity contribution in [3.05, 3.63) is 34.9 Å². The van der Waals surface area contributed by atoms with Crippen molar-refractivity contribution in [1.82, 2.24) is 20.4 Å². The lowest BCUT2D eigenvalue weighted by atomic mass is 10.0. The quantitative estimate of drug-likeness (QED) is 0.635. The molecule has 0 aromatic heterocycles. The summed E-state index contributed by atoms with van der Waals surface area (Å²) in [6.45, 7) is 5.53. The van der Waals surface area contributed by atoms with E-state index in [4.69, 9.17) is 0 Å². The minimum atomic E-state index is -0.819. The Kier molecular flexibility index (Phi) is 5.62. The number of amides is 2. The molecule has 4 rings (SSSR count). The highest BCUT2D eigenvalue weighted by Crippen LogP contribution is 2.29. The molecule has 1 aromatic rings. The molecule has 2 saturated heterocycles. The fraction of sp³-hybridized carbons (Fsp3) is 0.524. The molecule has 0 bridgehead atoms. The lowest BCUT2D eigenvalue weighted by Gasteiger charge is -2.32. The summed E-state index contributed by atoms with van der Waals surface area (Å²) >= 11 is 0. The minimum Gasteiger partial charge on any atom is -0.374 e. The van der Waals surface area contributed by atoms with E-state index < -0.39 is 12.3 Å². The number of rotatable bonds is 3. The Hall–Kier alpha value is -2.40. The van der Waals surface area contributed by atoms with Gasteiger partial charge in [-0.2, -0.15) is 0 Å². The summed E-state index contributed by atoms with van der Waals surface area (Å²) in [6.07, 6.45) is 0.902. The van der Waals surface area contributed by atoms with Crippen LogP contribution >= 0.6 is 0 Å². The van der Waals surface area contributed by atoms with Gasteiger partial charge in [-0.1, -0.05) is 17.9 Å². The fourth-order valence-corrected chi connectivity index (χ4v) is 4.11. The minimum absolute atomic E-state index is 0.129. The van der Waals surface area contributed by atoms with Gasteiger partial charge in [-0.15, -0.1) is 0 Å². The first-order chi connectivity index (χ1) is 13.6. The number of aliphatic hydroxyl groups is 1. The van der Waals surface area contributed by atoms with Gasteiger partial charge in [0, 0.05) is 56.8 Å². The Morgan fingerprint density at radius 3 is 2.79 bits per heavy atom. The highest BCUT2D eigenvalue weighted by atomic mass is 16.3. The SMILES string of the molecule is O=C1NC(O)CCC1N1Cc2c(C#CCCN3CCNCC3)cccc2C1=O. The number of carbonyl (C=O) groups excluding carboxylic acids is 2. The summed E-state index contributed by atoms with van der Waals surface area (Å²) < 4.78 is 0. The molecule has 148 valence electrons. The number of nitrogens with zero attached hydrogens (tertiary/aromatic N) is 2. The van der Waals surface area contributed by atoms with Crippen LogP contribution in [0.15, 0.2) is 18.2 Å². The van der Waals surface area contributed by atoms with Crippen molar-refractivity contribution < 1.29 is 14.7 Å². The van der Waals surface area contributed by atoms with E-state index in [-0.39, 0.29) is 11.8 Å². The lowest BCUT2D eigenvalue weighted by molar-refractivity contribution is -0.132. The first-order valence-electron chi connectivity index (χ1n) is 9.97. The second kappa shape index (κ2) is 8.31. The number of piperazine rings is 1. The molecule has 7 heteroatoms. The van der Waals surface area contributed by atoms with Crippen LogP contribution in [-0.4, -0.2) is 71.7 Å². The highest BCUT2D eigenvalue weighted by molar-refractivity contribution is 6.01. The van der Waals surface area contributed by atoms with Crippen LogP contribution in [0.5, 0.6) is 0 Å². The third kappa shape index (κ3) is 3.90. The molecule has 0 aliphatic carbocycles. The molecule has 3 aliphatic rings. The van der Waals surface area contributed by atoms with Gasteiger partial charge in [0.05, 0.1) is 0 Å². The van der Waals surface area contributed by atoms with Gasteiger partial charge in [-0.25, -0.2) is 0 Å². The molecule has 0 spiro atoms. The Morgan fingerprint density at radius 1 is 1.18 bits per heavy atom. The maximum Gasteiger partial charge on any atom is 0.255 e. The first kappa shape index (κ1) is 18.9. The summed E-state index contributed by atoms with van der Waals surface area (Å²) in [5.41, 5.74) is 2.40. The predicted molar refractivity (Wildman–Crippen MR) is 104 cm³/mol. The highest BCUT2D eigenvalue weighted by Gasteiger charge is 2.39. The third-order valence-electron chi connectivity index (χ3n) is 5.68. The third-order valence-corrected chi connectivity index (χ3v) is 5.68. The molecular formula is C21H26N4O3. The van der Waals surface area contributed by atoms with Crippen LogP contribution in [0.2, 0.25) is 0 Å². The molecule has 7 nitrogen and oxygen atoms in total. The molecule has 2 amide bonds. The molecule has 2 atom stereocenters. The monoisotopic (exact) mass is 382 g/mol. The van der Waals surface area contributed by atoms with Crippen LogP contribution in [-0.2, 0) is 11.3 Å². The van der Waals surface area contributed by atoms with E-state index in [2.05, 4.69) is 27.4 Å². The van der Waals surface area contributed by atoms with Gasteiger partial charge in [0.1, 0.15) is 12.3 Å². The van der Waals surface area contributed by atoms with E-state index >= 15 is 0 Å². The Morgan fingerprint density at radius 2 is 2.00 bits per heavy atom. The first-order valence-corrected chi connectivity index (χ1v) is 9.97. The van der Waals surface area contributed by atoms with Gasteiger partial charge in [-0.05, 0) is 30.5 Å². The largest absolute Gasteiger partial charge is 0.374 e. The van der Waals surface area contributed by atoms with Gasteiger partial charge in [0.25, 0.3) is 5.91 Å². The predicted octanol–water partition coefficient (Wildman–Crippen LogP) is -0.114. The molecule has 3 heterocycles. The van der Waals surface area contributed by atoms with Gasteiger partial charge in [0.15, 0.2) is 0 Å². The maximum atomic E-state index is 12.8. The average Bonchev–Trinajstić information content (AvgIpc) is 3.03. The Labute approximate surface area is 165 Å². The normalized spacial score (nSPS) is 25.1. The van der Waals surface area contributed by atoms with Gasteiger partial charge >= 0.3 is 0 Å². The summed E-state index contributed by atoms with van der Waals surface area (Å²) in [7, 11) is 0. The average molecular weight is 382 g/mol. The van der Waals surface area contributed by atoms with Crippen LogP contribution in [0.3, 0.4) is 0 Å². The second-order valence-corrected chi connectivity index (χ2v) is 7.53. The maximum absolute atomic E-state index is 12.8. The number of fused-ring (bicyclic) bond motifs is 1. The van der Waals surface area contributed by atoms with E-state index in [1.807, 2.05) is 12.1 Å². The van der Waals surface area contributed by atoms with Crippen molar-refractivity contribution in [2.24, 2.45) is 0 Å². The molecule has 1 aromatic carbocycles.